The van der Waals surface area contributed by atoms with E-state index in [1.807, 2.05) is 0 Å². The van der Waals surface area contributed by atoms with E-state index in [0.29, 0.717) is 6.04 Å². The van der Waals surface area contributed by atoms with Crippen LogP contribution in [-0.4, -0.2) is 50.3 Å². The molecule has 0 bridgehead atoms. The molecule has 0 aliphatic rings. The highest BCUT2D eigenvalue weighted by Gasteiger charge is 2.17. The van der Waals surface area contributed by atoms with Crippen molar-refractivity contribution in [2.24, 2.45) is 5.92 Å². The zero-order chi connectivity index (χ0) is 13.1. The Labute approximate surface area is 108 Å². The van der Waals surface area contributed by atoms with Crippen LogP contribution >= 0.6 is 0 Å². The molecule has 0 saturated heterocycles. The lowest BCUT2D eigenvalue weighted by Crippen LogP contribution is -2.45. The third-order valence-electron chi connectivity index (χ3n) is 3.46. The molecule has 0 aromatic rings. The van der Waals surface area contributed by atoms with E-state index in [1.165, 1.54) is 6.42 Å². The first-order valence-electron chi connectivity index (χ1n) is 7.22. The predicted molar refractivity (Wildman–Crippen MR) is 75.5 cm³/mol. The van der Waals surface area contributed by atoms with Crippen molar-refractivity contribution >= 4 is 0 Å². The molecule has 0 fully saturated rings. The molecule has 2 unspecified atom stereocenters. The summed E-state index contributed by atoms with van der Waals surface area (Å²) in [6.45, 7) is 17.1. The van der Waals surface area contributed by atoms with Crippen molar-refractivity contribution in [3.05, 3.63) is 0 Å². The van der Waals surface area contributed by atoms with E-state index in [2.05, 4.69) is 44.8 Å². The first-order valence-corrected chi connectivity index (χ1v) is 7.22. The maximum atomic E-state index is 5.43. The summed E-state index contributed by atoms with van der Waals surface area (Å²) in [6.07, 6.45) is 1.24. The highest BCUT2D eigenvalue weighted by molar-refractivity contribution is 4.76. The second kappa shape index (κ2) is 11.0. The molecule has 0 aliphatic carbocycles. The second-order valence-corrected chi connectivity index (χ2v) is 4.64. The van der Waals surface area contributed by atoms with E-state index in [4.69, 9.17) is 4.74 Å². The van der Waals surface area contributed by atoms with E-state index in [9.17, 15) is 0 Å². The SMILES string of the molecule is CCNC(CN(CC)CCOCC)C(C)CC. The minimum absolute atomic E-state index is 0.603. The van der Waals surface area contributed by atoms with Crippen molar-refractivity contribution in [1.82, 2.24) is 10.2 Å². The molecule has 0 aromatic carbocycles. The van der Waals surface area contributed by atoms with Crippen LogP contribution in [-0.2, 0) is 4.74 Å². The molecule has 0 saturated carbocycles. The summed E-state index contributed by atoms with van der Waals surface area (Å²) in [6, 6.07) is 0.603. The van der Waals surface area contributed by atoms with Gasteiger partial charge in [-0.2, -0.15) is 0 Å². The quantitative estimate of drug-likeness (QED) is 0.565. The fourth-order valence-corrected chi connectivity index (χ4v) is 1.99. The molecule has 2 atom stereocenters. The lowest BCUT2D eigenvalue weighted by Gasteiger charge is -2.30. The molecule has 1 N–H and O–H groups in total. The first-order chi connectivity index (χ1) is 8.19. The van der Waals surface area contributed by atoms with Gasteiger partial charge in [0, 0.05) is 25.7 Å². The number of hydrogen-bond donors (Lipinski definition) is 1. The molecule has 3 nitrogen and oxygen atoms in total. The van der Waals surface area contributed by atoms with E-state index < -0.39 is 0 Å². The number of nitrogens with one attached hydrogen (secondary N) is 1. The van der Waals surface area contributed by atoms with E-state index in [0.717, 1.165) is 45.3 Å². The zero-order valence-corrected chi connectivity index (χ0v) is 12.5. The van der Waals surface area contributed by atoms with Gasteiger partial charge < -0.3 is 10.1 Å². The number of nitrogens with zero attached hydrogens (tertiary/aromatic N) is 1. The minimum atomic E-state index is 0.603. The van der Waals surface area contributed by atoms with E-state index >= 15 is 0 Å². The van der Waals surface area contributed by atoms with Crippen LogP contribution in [0.5, 0.6) is 0 Å². The van der Waals surface area contributed by atoms with Gasteiger partial charge >= 0.3 is 0 Å². The standard InChI is InChI=1S/C14H32N2O/c1-6-13(5)14(15-7-2)12-16(8-3)10-11-17-9-4/h13-15H,6-12H2,1-5H3. The maximum Gasteiger partial charge on any atom is 0.0593 e. The van der Waals surface area contributed by atoms with Crippen LogP contribution in [0.15, 0.2) is 0 Å². The lowest BCUT2D eigenvalue weighted by molar-refractivity contribution is 0.107. The van der Waals surface area contributed by atoms with Gasteiger partial charge in [0.05, 0.1) is 6.61 Å². The summed E-state index contributed by atoms with van der Waals surface area (Å²) in [4.78, 5) is 2.48. The number of rotatable bonds is 11. The Balaban J connectivity index is 4.08. The topological polar surface area (TPSA) is 24.5 Å². The molecule has 0 heterocycles. The summed E-state index contributed by atoms with van der Waals surface area (Å²) < 4.78 is 5.43. The Morgan fingerprint density at radius 2 is 1.88 bits per heavy atom. The maximum absolute atomic E-state index is 5.43. The van der Waals surface area contributed by atoms with Crippen molar-refractivity contribution in [2.75, 3.05) is 39.4 Å². The monoisotopic (exact) mass is 244 g/mol. The van der Waals surface area contributed by atoms with Gasteiger partial charge in [0.15, 0.2) is 0 Å². The van der Waals surface area contributed by atoms with Gasteiger partial charge in [0.2, 0.25) is 0 Å². The summed E-state index contributed by atoms with van der Waals surface area (Å²) in [5.41, 5.74) is 0. The molecule has 0 spiro atoms. The molecule has 0 radical (unpaired) electrons. The smallest absolute Gasteiger partial charge is 0.0593 e. The minimum Gasteiger partial charge on any atom is -0.380 e. The Morgan fingerprint density at radius 1 is 1.18 bits per heavy atom. The van der Waals surface area contributed by atoms with Crippen LogP contribution in [0.25, 0.3) is 0 Å². The lowest BCUT2D eigenvalue weighted by atomic mass is 9.98. The molecule has 0 aromatic heterocycles. The van der Waals surface area contributed by atoms with Crippen molar-refractivity contribution < 1.29 is 4.74 Å². The van der Waals surface area contributed by atoms with Crippen LogP contribution in [0.3, 0.4) is 0 Å². The third kappa shape index (κ3) is 7.74. The molecular weight excluding hydrogens is 212 g/mol. The average Bonchev–Trinajstić information content (AvgIpc) is 2.35. The largest absolute Gasteiger partial charge is 0.380 e. The summed E-state index contributed by atoms with van der Waals surface area (Å²) >= 11 is 0. The van der Waals surface area contributed by atoms with Crippen LogP contribution in [0.2, 0.25) is 0 Å². The number of likely N-dealkylation sites (N-methyl/N-ethyl adjacent to an activating group) is 2. The Morgan fingerprint density at radius 3 is 2.35 bits per heavy atom. The molecule has 0 aliphatic heterocycles. The van der Waals surface area contributed by atoms with Gasteiger partial charge in [0.1, 0.15) is 0 Å². The van der Waals surface area contributed by atoms with Gasteiger partial charge in [-0.05, 0) is 25.9 Å². The second-order valence-electron chi connectivity index (χ2n) is 4.64. The van der Waals surface area contributed by atoms with Crippen LogP contribution in [0.1, 0.15) is 41.0 Å². The Hall–Kier alpha value is -0.120. The normalized spacial score (nSPS) is 15.2. The third-order valence-corrected chi connectivity index (χ3v) is 3.46. The van der Waals surface area contributed by atoms with E-state index in [-0.39, 0.29) is 0 Å². The molecule has 0 rings (SSSR count). The number of ether oxygens (including phenoxy) is 1. The summed E-state index contributed by atoms with van der Waals surface area (Å²) in [5, 5.41) is 3.61. The van der Waals surface area contributed by atoms with Crippen LogP contribution in [0.4, 0.5) is 0 Å². The van der Waals surface area contributed by atoms with Gasteiger partial charge in [0.25, 0.3) is 0 Å². The highest BCUT2D eigenvalue weighted by Crippen LogP contribution is 2.09. The number of hydrogen-bond acceptors (Lipinski definition) is 3. The Kier molecular flexibility index (Phi) is 10.9. The molecular formula is C14H32N2O. The first kappa shape index (κ1) is 16.9. The highest BCUT2D eigenvalue weighted by atomic mass is 16.5. The average molecular weight is 244 g/mol. The predicted octanol–water partition coefficient (Wildman–Crippen LogP) is 2.37. The van der Waals surface area contributed by atoms with Gasteiger partial charge in [-0.15, -0.1) is 0 Å². The Bertz CT molecular complexity index is 164. The van der Waals surface area contributed by atoms with Gasteiger partial charge in [-0.1, -0.05) is 34.1 Å². The molecule has 17 heavy (non-hydrogen) atoms. The fourth-order valence-electron chi connectivity index (χ4n) is 1.99. The summed E-state index contributed by atoms with van der Waals surface area (Å²) in [7, 11) is 0. The van der Waals surface area contributed by atoms with Gasteiger partial charge in [-0.25, -0.2) is 0 Å². The molecule has 0 amide bonds. The molecule has 104 valence electrons. The van der Waals surface area contributed by atoms with Crippen LogP contribution in [0, 0.1) is 5.92 Å². The van der Waals surface area contributed by atoms with Crippen molar-refractivity contribution in [2.45, 2.75) is 47.1 Å². The summed E-state index contributed by atoms with van der Waals surface area (Å²) in [5.74, 6) is 0.732. The molecule has 3 heteroatoms. The van der Waals surface area contributed by atoms with Crippen LogP contribution < -0.4 is 5.32 Å². The fraction of sp³-hybridized carbons (Fsp3) is 1.00. The van der Waals surface area contributed by atoms with Gasteiger partial charge in [-0.3, -0.25) is 4.90 Å². The van der Waals surface area contributed by atoms with Crippen molar-refractivity contribution in [3.8, 4) is 0 Å². The van der Waals surface area contributed by atoms with Crippen molar-refractivity contribution in [3.63, 3.8) is 0 Å². The zero-order valence-electron chi connectivity index (χ0n) is 12.5. The van der Waals surface area contributed by atoms with Crippen molar-refractivity contribution in [1.29, 1.82) is 0 Å². The van der Waals surface area contributed by atoms with E-state index in [1.54, 1.807) is 0 Å².